The van der Waals surface area contributed by atoms with Crippen LogP contribution in [0.15, 0.2) is 18.5 Å². The van der Waals surface area contributed by atoms with Crippen molar-refractivity contribution < 1.29 is 4.74 Å². The van der Waals surface area contributed by atoms with Crippen molar-refractivity contribution in [3.63, 3.8) is 0 Å². The highest BCUT2D eigenvalue weighted by atomic mass is 16.5. The smallest absolute Gasteiger partial charge is 0.0593 e. The Bertz CT molecular complexity index is 290. The molecular formula is C12H20N2O. The molecule has 0 aromatic carbocycles. The number of hydrogen-bond donors (Lipinski definition) is 1. The van der Waals surface area contributed by atoms with Gasteiger partial charge in [-0.25, -0.2) is 0 Å². The van der Waals surface area contributed by atoms with Crippen LogP contribution in [-0.4, -0.2) is 24.3 Å². The highest BCUT2D eigenvalue weighted by molar-refractivity contribution is 5.09. The first-order valence-corrected chi connectivity index (χ1v) is 5.79. The van der Waals surface area contributed by atoms with Crippen molar-refractivity contribution >= 4 is 0 Å². The molecule has 1 aromatic rings. The Hall–Kier alpha value is -0.800. The van der Waals surface area contributed by atoms with Crippen molar-refractivity contribution in [2.45, 2.75) is 38.5 Å². The fraction of sp³-hybridized carbons (Fsp3) is 0.667. The Morgan fingerprint density at radius 1 is 1.60 bits per heavy atom. The van der Waals surface area contributed by atoms with Gasteiger partial charge in [0.05, 0.1) is 6.10 Å². The van der Waals surface area contributed by atoms with Gasteiger partial charge in [-0.3, -0.25) is 0 Å². The Balaban J connectivity index is 1.77. The number of rotatable bonds is 5. The summed E-state index contributed by atoms with van der Waals surface area (Å²) in [7, 11) is 1.98. The van der Waals surface area contributed by atoms with Crippen molar-refractivity contribution in [1.82, 2.24) is 9.88 Å². The van der Waals surface area contributed by atoms with Crippen LogP contribution in [0.2, 0.25) is 0 Å². The van der Waals surface area contributed by atoms with E-state index >= 15 is 0 Å². The van der Waals surface area contributed by atoms with E-state index in [2.05, 4.69) is 28.3 Å². The standard InChI is InChI=1S/C12H20N2O/c1-13-9-11-4-6-14(10-11)7-5-12-3-2-8-15-12/h4,6,10,12-13H,2-3,5,7-9H2,1H3. The number of aromatic nitrogens is 1. The van der Waals surface area contributed by atoms with E-state index in [1.165, 1.54) is 18.4 Å². The van der Waals surface area contributed by atoms with Crippen LogP contribution in [0, 0.1) is 0 Å². The van der Waals surface area contributed by atoms with E-state index in [1.54, 1.807) is 0 Å². The Morgan fingerprint density at radius 2 is 2.53 bits per heavy atom. The first-order chi connectivity index (χ1) is 7.38. The normalized spacial score (nSPS) is 21.0. The maximum atomic E-state index is 5.60. The fourth-order valence-corrected chi connectivity index (χ4v) is 2.10. The minimum atomic E-state index is 0.500. The molecule has 2 heterocycles. The number of nitrogens with zero attached hydrogens (tertiary/aromatic N) is 1. The molecule has 84 valence electrons. The Kier molecular flexibility index (Phi) is 3.80. The van der Waals surface area contributed by atoms with Crippen LogP contribution < -0.4 is 5.32 Å². The average Bonchev–Trinajstić information content (AvgIpc) is 2.85. The molecule has 0 spiro atoms. The molecule has 1 unspecified atom stereocenters. The van der Waals surface area contributed by atoms with Crippen LogP contribution in [0.25, 0.3) is 0 Å². The molecule has 1 aromatic heterocycles. The lowest BCUT2D eigenvalue weighted by Crippen LogP contribution is -2.09. The first-order valence-electron chi connectivity index (χ1n) is 5.79. The van der Waals surface area contributed by atoms with Gasteiger partial charge < -0.3 is 14.6 Å². The van der Waals surface area contributed by atoms with Gasteiger partial charge in [0.15, 0.2) is 0 Å². The van der Waals surface area contributed by atoms with Crippen molar-refractivity contribution in [3.05, 3.63) is 24.0 Å². The molecule has 1 saturated heterocycles. The van der Waals surface area contributed by atoms with Gasteiger partial charge in [-0.05, 0) is 37.9 Å². The van der Waals surface area contributed by atoms with Crippen molar-refractivity contribution in [2.75, 3.05) is 13.7 Å². The molecule has 1 fully saturated rings. The van der Waals surface area contributed by atoms with Gasteiger partial charge in [0.2, 0.25) is 0 Å². The molecular weight excluding hydrogens is 188 g/mol. The topological polar surface area (TPSA) is 26.2 Å². The second-order valence-electron chi connectivity index (χ2n) is 4.21. The Morgan fingerprint density at radius 3 is 3.27 bits per heavy atom. The van der Waals surface area contributed by atoms with Crippen LogP contribution in [0.4, 0.5) is 0 Å². The van der Waals surface area contributed by atoms with Gasteiger partial charge in [-0.15, -0.1) is 0 Å². The lowest BCUT2D eigenvalue weighted by atomic mass is 10.2. The van der Waals surface area contributed by atoms with E-state index < -0.39 is 0 Å². The van der Waals surface area contributed by atoms with E-state index in [0.717, 1.165) is 26.1 Å². The molecule has 0 bridgehead atoms. The summed E-state index contributed by atoms with van der Waals surface area (Å²) in [6, 6.07) is 2.17. The summed E-state index contributed by atoms with van der Waals surface area (Å²) in [6.07, 6.45) is 8.49. The van der Waals surface area contributed by atoms with Gasteiger partial charge in [-0.2, -0.15) is 0 Å². The van der Waals surface area contributed by atoms with Crippen LogP contribution in [0.1, 0.15) is 24.8 Å². The summed E-state index contributed by atoms with van der Waals surface area (Å²) < 4.78 is 7.86. The molecule has 0 aliphatic carbocycles. The van der Waals surface area contributed by atoms with Gasteiger partial charge in [0.1, 0.15) is 0 Å². The van der Waals surface area contributed by atoms with E-state index in [1.807, 2.05) is 7.05 Å². The maximum absolute atomic E-state index is 5.60. The zero-order valence-electron chi connectivity index (χ0n) is 9.41. The van der Waals surface area contributed by atoms with Crippen molar-refractivity contribution in [1.29, 1.82) is 0 Å². The highest BCUT2D eigenvalue weighted by Gasteiger charge is 2.14. The average molecular weight is 208 g/mol. The minimum Gasteiger partial charge on any atom is -0.378 e. The van der Waals surface area contributed by atoms with Gasteiger partial charge >= 0.3 is 0 Å². The monoisotopic (exact) mass is 208 g/mol. The molecule has 1 N–H and O–H groups in total. The molecule has 0 radical (unpaired) electrons. The molecule has 1 aliphatic rings. The van der Waals surface area contributed by atoms with Crippen LogP contribution in [0.3, 0.4) is 0 Å². The third-order valence-electron chi connectivity index (χ3n) is 2.93. The summed E-state index contributed by atoms with van der Waals surface area (Å²) in [5.74, 6) is 0. The lowest BCUT2D eigenvalue weighted by Gasteiger charge is -2.09. The molecule has 15 heavy (non-hydrogen) atoms. The summed E-state index contributed by atoms with van der Waals surface area (Å²) in [5.41, 5.74) is 1.35. The molecule has 0 amide bonds. The summed E-state index contributed by atoms with van der Waals surface area (Å²) in [5, 5.41) is 3.16. The van der Waals surface area contributed by atoms with Crippen LogP contribution in [-0.2, 0) is 17.8 Å². The van der Waals surface area contributed by atoms with Crippen molar-refractivity contribution in [2.24, 2.45) is 0 Å². The zero-order chi connectivity index (χ0) is 10.5. The third-order valence-corrected chi connectivity index (χ3v) is 2.93. The van der Waals surface area contributed by atoms with E-state index in [4.69, 9.17) is 4.74 Å². The summed E-state index contributed by atoms with van der Waals surface area (Å²) in [6.45, 7) is 2.99. The fourth-order valence-electron chi connectivity index (χ4n) is 2.10. The van der Waals surface area contributed by atoms with Gasteiger partial charge in [0.25, 0.3) is 0 Å². The van der Waals surface area contributed by atoms with Gasteiger partial charge in [0, 0.05) is 32.1 Å². The molecule has 3 nitrogen and oxygen atoms in total. The molecule has 1 aliphatic heterocycles. The highest BCUT2D eigenvalue weighted by Crippen LogP contribution is 2.16. The quantitative estimate of drug-likeness (QED) is 0.798. The number of ether oxygens (including phenoxy) is 1. The van der Waals surface area contributed by atoms with Crippen LogP contribution >= 0.6 is 0 Å². The third kappa shape index (κ3) is 3.08. The van der Waals surface area contributed by atoms with Crippen LogP contribution in [0.5, 0.6) is 0 Å². The second kappa shape index (κ2) is 5.33. The Labute approximate surface area is 91.4 Å². The summed E-state index contributed by atoms with van der Waals surface area (Å²) in [4.78, 5) is 0. The van der Waals surface area contributed by atoms with Gasteiger partial charge in [-0.1, -0.05) is 0 Å². The SMILES string of the molecule is CNCc1ccn(CCC2CCCO2)c1. The first kappa shape index (κ1) is 10.7. The molecule has 0 saturated carbocycles. The predicted molar refractivity (Wildman–Crippen MR) is 60.8 cm³/mol. The van der Waals surface area contributed by atoms with Crippen molar-refractivity contribution in [3.8, 4) is 0 Å². The van der Waals surface area contributed by atoms with E-state index in [9.17, 15) is 0 Å². The lowest BCUT2D eigenvalue weighted by molar-refractivity contribution is 0.100. The van der Waals surface area contributed by atoms with E-state index in [-0.39, 0.29) is 0 Å². The minimum absolute atomic E-state index is 0.500. The molecule has 2 rings (SSSR count). The van der Waals surface area contributed by atoms with E-state index in [0.29, 0.717) is 6.10 Å². The number of nitrogens with one attached hydrogen (secondary N) is 1. The summed E-state index contributed by atoms with van der Waals surface area (Å²) >= 11 is 0. The maximum Gasteiger partial charge on any atom is 0.0593 e. The second-order valence-corrected chi connectivity index (χ2v) is 4.21. The molecule has 1 atom stereocenters. The zero-order valence-corrected chi connectivity index (χ0v) is 9.41. The molecule has 3 heteroatoms. The largest absolute Gasteiger partial charge is 0.378 e. The predicted octanol–water partition coefficient (Wildman–Crippen LogP) is 1.78. The number of aryl methyl sites for hydroxylation is 1. The number of hydrogen-bond acceptors (Lipinski definition) is 2.